The van der Waals surface area contributed by atoms with Gasteiger partial charge < -0.3 is 5.32 Å². The maximum atomic E-state index is 14.1. The largest absolute Gasteiger partial charge is 0.310 e. The lowest BCUT2D eigenvalue weighted by Gasteiger charge is -2.20. The molecule has 2 aromatic rings. The molecule has 0 aliphatic rings. The third-order valence-corrected chi connectivity index (χ3v) is 5.32. The Kier molecular flexibility index (Phi) is 5.90. The Hall–Kier alpha value is -0.780. The van der Waals surface area contributed by atoms with Crippen molar-refractivity contribution >= 4 is 27.3 Å². The first kappa shape index (κ1) is 16.6. The molecule has 2 rings (SSSR count). The molecule has 1 N–H and O–H groups in total. The molecule has 1 aromatic heterocycles. The fourth-order valence-electron chi connectivity index (χ4n) is 2.21. The highest BCUT2D eigenvalue weighted by Crippen LogP contribution is 2.30. The minimum Gasteiger partial charge on any atom is -0.310 e. The molecule has 21 heavy (non-hydrogen) atoms. The maximum Gasteiger partial charge on any atom is 0.130 e. The van der Waals surface area contributed by atoms with Crippen molar-refractivity contribution in [1.29, 1.82) is 0 Å². The summed E-state index contributed by atoms with van der Waals surface area (Å²) < 4.78 is 28.6. The Morgan fingerprint density at radius 1 is 1.29 bits per heavy atom. The lowest BCUT2D eigenvalue weighted by atomic mass is 9.99. The topological polar surface area (TPSA) is 12.0 Å². The van der Waals surface area contributed by atoms with Crippen molar-refractivity contribution in [1.82, 2.24) is 5.32 Å². The van der Waals surface area contributed by atoms with Crippen molar-refractivity contribution in [2.24, 2.45) is 0 Å². The molecule has 1 unspecified atom stereocenters. The van der Waals surface area contributed by atoms with Crippen molar-refractivity contribution in [2.45, 2.75) is 32.7 Å². The molecular formula is C16H18BrF2NS. The van der Waals surface area contributed by atoms with E-state index in [1.807, 2.05) is 11.4 Å². The van der Waals surface area contributed by atoms with Gasteiger partial charge in [0.25, 0.3) is 0 Å². The van der Waals surface area contributed by atoms with Crippen LogP contribution in [0, 0.1) is 18.6 Å². The van der Waals surface area contributed by atoms with Crippen LogP contribution < -0.4 is 5.32 Å². The highest BCUT2D eigenvalue weighted by molar-refractivity contribution is 9.10. The van der Waals surface area contributed by atoms with E-state index in [2.05, 4.69) is 28.2 Å². The lowest BCUT2D eigenvalue weighted by molar-refractivity contribution is 0.491. The fraction of sp³-hybridized carbons (Fsp3) is 0.375. The van der Waals surface area contributed by atoms with Gasteiger partial charge in [-0.25, -0.2) is 8.78 Å². The standard InChI is InChI=1S/C16H18BrF2NS/c1-3-5-20-15(9-16-12(17)4-6-21-16)11-7-10(2)13(18)8-14(11)19/h4,6-8,15,20H,3,5,9H2,1-2H3. The Balaban J connectivity index is 2.31. The Bertz CT molecular complexity index is 612. The van der Waals surface area contributed by atoms with Gasteiger partial charge in [0.2, 0.25) is 0 Å². The smallest absolute Gasteiger partial charge is 0.130 e. The first-order valence-electron chi connectivity index (χ1n) is 6.93. The van der Waals surface area contributed by atoms with E-state index in [9.17, 15) is 8.78 Å². The summed E-state index contributed by atoms with van der Waals surface area (Å²) >= 11 is 5.14. The highest BCUT2D eigenvalue weighted by Gasteiger charge is 2.19. The minimum absolute atomic E-state index is 0.154. The second kappa shape index (κ2) is 7.47. The second-order valence-electron chi connectivity index (χ2n) is 5.03. The highest BCUT2D eigenvalue weighted by atomic mass is 79.9. The normalized spacial score (nSPS) is 12.6. The molecule has 0 spiro atoms. The zero-order valence-electron chi connectivity index (χ0n) is 12.1. The van der Waals surface area contributed by atoms with Gasteiger partial charge >= 0.3 is 0 Å². The molecule has 0 amide bonds. The van der Waals surface area contributed by atoms with Crippen LogP contribution >= 0.6 is 27.3 Å². The average molecular weight is 374 g/mol. The minimum atomic E-state index is -0.497. The lowest BCUT2D eigenvalue weighted by Crippen LogP contribution is -2.25. The van der Waals surface area contributed by atoms with Gasteiger partial charge in [0.05, 0.1) is 0 Å². The molecule has 0 aliphatic carbocycles. The van der Waals surface area contributed by atoms with Crippen molar-refractivity contribution in [3.63, 3.8) is 0 Å². The van der Waals surface area contributed by atoms with Gasteiger partial charge in [0.1, 0.15) is 11.6 Å². The van der Waals surface area contributed by atoms with Gasteiger partial charge in [-0.15, -0.1) is 11.3 Å². The van der Waals surface area contributed by atoms with Crippen LogP contribution in [-0.2, 0) is 6.42 Å². The maximum absolute atomic E-state index is 14.1. The third kappa shape index (κ3) is 4.11. The van der Waals surface area contributed by atoms with Gasteiger partial charge in [0, 0.05) is 33.4 Å². The van der Waals surface area contributed by atoms with E-state index >= 15 is 0 Å². The van der Waals surface area contributed by atoms with Crippen LogP contribution in [0.1, 0.15) is 35.4 Å². The number of halogens is 3. The molecule has 1 atom stereocenters. The van der Waals surface area contributed by atoms with Crippen LogP contribution in [-0.4, -0.2) is 6.54 Å². The zero-order valence-corrected chi connectivity index (χ0v) is 14.5. The molecule has 0 saturated heterocycles. The zero-order chi connectivity index (χ0) is 15.4. The molecule has 114 valence electrons. The molecule has 0 aliphatic heterocycles. The van der Waals surface area contributed by atoms with Crippen LogP contribution in [0.2, 0.25) is 0 Å². The van der Waals surface area contributed by atoms with Gasteiger partial charge in [-0.1, -0.05) is 6.92 Å². The number of rotatable bonds is 6. The molecular weight excluding hydrogens is 356 g/mol. The van der Waals surface area contributed by atoms with Crippen molar-refractivity contribution in [3.8, 4) is 0 Å². The summed E-state index contributed by atoms with van der Waals surface area (Å²) in [5, 5.41) is 5.36. The number of hydrogen-bond donors (Lipinski definition) is 1. The van der Waals surface area contributed by atoms with Gasteiger partial charge in [-0.3, -0.25) is 0 Å². The summed E-state index contributed by atoms with van der Waals surface area (Å²) in [5.74, 6) is -0.984. The van der Waals surface area contributed by atoms with Gasteiger partial charge in [-0.05, 0) is 58.9 Å². The Morgan fingerprint density at radius 3 is 2.67 bits per heavy atom. The molecule has 0 bridgehead atoms. The summed E-state index contributed by atoms with van der Waals surface area (Å²) in [6.45, 7) is 4.52. The van der Waals surface area contributed by atoms with E-state index in [0.717, 1.165) is 28.4 Å². The SMILES string of the molecule is CCCNC(Cc1sccc1Br)c1cc(C)c(F)cc1F. The van der Waals surface area contributed by atoms with E-state index in [-0.39, 0.29) is 6.04 Å². The summed E-state index contributed by atoms with van der Waals surface area (Å²) in [6.07, 6.45) is 1.64. The molecule has 0 radical (unpaired) electrons. The van der Waals surface area contributed by atoms with Gasteiger partial charge in [0.15, 0.2) is 0 Å². The van der Waals surface area contributed by atoms with E-state index < -0.39 is 11.6 Å². The molecule has 0 saturated carbocycles. The molecule has 1 aromatic carbocycles. The van der Waals surface area contributed by atoms with E-state index in [0.29, 0.717) is 17.5 Å². The van der Waals surface area contributed by atoms with Gasteiger partial charge in [-0.2, -0.15) is 0 Å². The van der Waals surface area contributed by atoms with E-state index in [1.165, 1.54) is 0 Å². The summed E-state index contributed by atoms with van der Waals surface area (Å²) in [5.41, 5.74) is 1.00. The molecule has 1 nitrogen and oxygen atoms in total. The quantitative estimate of drug-likeness (QED) is 0.716. The van der Waals surface area contributed by atoms with E-state index in [1.54, 1.807) is 24.3 Å². The number of aryl methyl sites for hydroxylation is 1. The Morgan fingerprint density at radius 2 is 2.05 bits per heavy atom. The first-order valence-corrected chi connectivity index (χ1v) is 8.61. The van der Waals surface area contributed by atoms with Crippen LogP contribution in [0.4, 0.5) is 8.78 Å². The summed E-state index contributed by atoms with van der Waals surface area (Å²) in [6, 6.07) is 4.43. The predicted octanol–water partition coefficient (Wildman–Crippen LogP) is 5.38. The second-order valence-corrected chi connectivity index (χ2v) is 6.88. The molecule has 0 fully saturated rings. The van der Waals surface area contributed by atoms with Crippen LogP contribution in [0.3, 0.4) is 0 Å². The van der Waals surface area contributed by atoms with Crippen LogP contribution in [0.5, 0.6) is 0 Å². The summed E-state index contributed by atoms with van der Waals surface area (Å²) in [4.78, 5) is 1.16. The monoisotopic (exact) mass is 373 g/mol. The van der Waals surface area contributed by atoms with Crippen LogP contribution in [0.15, 0.2) is 28.1 Å². The van der Waals surface area contributed by atoms with Crippen LogP contribution in [0.25, 0.3) is 0 Å². The molecule has 1 heterocycles. The van der Waals surface area contributed by atoms with Crippen molar-refractivity contribution < 1.29 is 8.78 Å². The number of nitrogens with one attached hydrogen (secondary N) is 1. The summed E-state index contributed by atoms with van der Waals surface area (Å²) in [7, 11) is 0. The number of hydrogen-bond acceptors (Lipinski definition) is 2. The fourth-order valence-corrected chi connectivity index (χ4v) is 3.77. The van der Waals surface area contributed by atoms with E-state index in [4.69, 9.17) is 0 Å². The predicted molar refractivity (Wildman–Crippen MR) is 87.9 cm³/mol. The third-order valence-electron chi connectivity index (χ3n) is 3.37. The number of benzene rings is 1. The van der Waals surface area contributed by atoms with Crippen molar-refractivity contribution in [3.05, 3.63) is 55.7 Å². The molecule has 5 heteroatoms. The average Bonchev–Trinajstić information content (AvgIpc) is 2.84. The first-order chi connectivity index (χ1) is 10.0. The number of thiophene rings is 1. The van der Waals surface area contributed by atoms with Crippen molar-refractivity contribution in [2.75, 3.05) is 6.54 Å². The Labute approximate surface area is 136 Å².